The largest absolute Gasteiger partial charge is 0.325 e. The van der Waals surface area contributed by atoms with E-state index < -0.39 is 9.84 Å². The maximum Gasteiger partial charge on any atom is 0.206 e. The van der Waals surface area contributed by atoms with Crippen molar-refractivity contribution in [1.29, 1.82) is 0 Å². The van der Waals surface area contributed by atoms with E-state index in [4.69, 9.17) is 4.98 Å². The quantitative estimate of drug-likeness (QED) is 0.148. The molecule has 0 amide bonds. The summed E-state index contributed by atoms with van der Waals surface area (Å²) in [6.45, 7) is 14.0. The molecule has 0 aliphatic carbocycles. The molecule has 0 N–H and O–H groups in total. The SMILES string of the molecule is Cc1cc2c(cc1C)[N@@+]1(C)[CH-][N@+]2(c2cccc(S(=O)(=O)c3ccc4c5ccccc5n(-c5cc(C(C)(C)C)ccn5)c4c3)c2)C1. The molecule has 2 atom stereocenters. The molecule has 45 heavy (non-hydrogen) atoms. The van der Waals surface area contributed by atoms with Gasteiger partial charge in [-0.1, -0.05) is 51.1 Å². The molecule has 0 unspecified atom stereocenters. The second-order valence-corrected chi connectivity index (χ2v) is 16.0. The van der Waals surface area contributed by atoms with Crippen LogP contribution in [0.5, 0.6) is 0 Å². The van der Waals surface area contributed by atoms with E-state index in [-0.39, 0.29) is 10.3 Å². The molecule has 1 fully saturated rings. The number of hydrogen-bond donors (Lipinski definition) is 0. The standard InChI is InChI=1S/C38H37N4O2S/c1-25-18-35-36(19-26(25)2)42(23-41(35,6)24-42)28-10-9-11-29(21-28)45(43,44)30-14-15-32-31-12-7-8-13-33(31)40(34(32)22-30)37-20-27(16-17-39-37)38(3,4)5/h7-23H,24H2,1-6H3/q+1/t41-,42+/m0/s1. The van der Waals surface area contributed by atoms with Crippen molar-refractivity contribution in [2.24, 2.45) is 0 Å². The number of aromatic nitrogens is 2. The molecule has 226 valence electrons. The summed E-state index contributed by atoms with van der Waals surface area (Å²) in [5, 5.41) is 2.05. The van der Waals surface area contributed by atoms with Crippen molar-refractivity contribution >= 4 is 48.7 Å². The van der Waals surface area contributed by atoms with Crippen molar-refractivity contribution in [2.75, 3.05) is 13.7 Å². The highest BCUT2D eigenvalue weighted by Crippen LogP contribution is 2.61. The van der Waals surface area contributed by atoms with Gasteiger partial charge in [0.25, 0.3) is 0 Å². The first-order valence-electron chi connectivity index (χ1n) is 15.4. The highest BCUT2D eigenvalue weighted by atomic mass is 32.2. The number of para-hydroxylation sites is 1. The van der Waals surface area contributed by atoms with Crippen molar-refractivity contribution in [1.82, 2.24) is 18.5 Å². The first-order valence-corrected chi connectivity index (χ1v) is 16.9. The van der Waals surface area contributed by atoms with Gasteiger partial charge in [-0.25, -0.2) is 13.4 Å². The van der Waals surface area contributed by atoms with Crippen LogP contribution in [0.1, 0.15) is 37.5 Å². The highest BCUT2D eigenvalue weighted by molar-refractivity contribution is 7.91. The zero-order valence-corrected chi connectivity index (χ0v) is 27.4. The molecular weight excluding hydrogens is 577 g/mol. The van der Waals surface area contributed by atoms with Gasteiger partial charge in [0.1, 0.15) is 11.5 Å². The van der Waals surface area contributed by atoms with E-state index in [2.05, 4.69) is 89.3 Å². The average molecular weight is 614 g/mol. The smallest absolute Gasteiger partial charge is 0.206 e. The summed E-state index contributed by atoms with van der Waals surface area (Å²) in [7, 11) is -1.61. The van der Waals surface area contributed by atoms with Crippen molar-refractivity contribution in [2.45, 2.75) is 49.8 Å². The molecule has 2 aromatic heterocycles. The second kappa shape index (κ2) is 9.13. The summed E-state index contributed by atoms with van der Waals surface area (Å²) < 4.78 is 32.1. The van der Waals surface area contributed by atoms with Gasteiger partial charge in [0, 0.05) is 35.2 Å². The van der Waals surface area contributed by atoms with Gasteiger partial charge in [-0.05, 0) is 78.4 Å². The number of rotatable bonds is 4. The molecule has 5 heterocycles. The van der Waals surface area contributed by atoms with Gasteiger partial charge in [-0.2, -0.15) is 0 Å². The van der Waals surface area contributed by atoms with E-state index in [1.807, 2.05) is 48.7 Å². The summed E-state index contributed by atoms with van der Waals surface area (Å²) in [5.74, 6) is 0.772. The molecule has 0 saturated carbocycles. The fourth-order valence-corrected chi connectivity index (χ4v) is 8.68. The Bertz CT molecular complexity index is 2320. The fraction of sp³-hybridized carbons (Fsp3) is 0.211. The molecule has 6 nitrogen and oxygen atoms in total. The van der Waals surface area contributed by atoms with E-state index in [1.165, 1.54) is 22.5 Å². The van der Waals surface area contributed by atoms with Crippen LogP contribution in [0.25, 0.3) is 27.6 Å². The molecule has 0 radical (unpaired) electrons. The highest BCUT2D eigenvalue weighted by Gasteiger charge is 2.59. The van der Waals surface area contributed by atoms with E-state index >= 15 is 0 Å². The summed E-state index contributed by atoms with van der Waals surface area (Å²) in [6, 6.07) is 29.9. The van der Waals surface area contributed by atoms with Gasteiger partial charge in [0.05, 0.1) is 34.5 Å². The Morgan fingerprint density at radius 3 is 2.22 bits per heavy atom. The van der Waals surface area contributed by atoms with Gasteiger partial charge < -0.3 is 4.48 Å². The van der Waals surface area contributed by atoms with Crippen LogP contribution in [0, 0.1) is 20.5 Å². The van der Waals surface area contributed by atoms with Crippen LogP contribution in [0.2, 0.25) is 0 Å². The van der Waals surface area contributed by atoms with Crippen LogP contribution in [0.3, 0.4) is 0 Å². The second-order valence-electron chi connectivity index (χ2n) is 14.0. The number of sulfone groups is 1. The predicted octanol–water partition coefficient (Wildman–Crippen LogP) is 8.61. The summed E-state index contributed by atoms with van der Waals surface area (Å²) >= 11 is 0. The summed E-state index contributed by atoms with van der Waals surface area (Å²) in [4.78, 5) is 5.32. The van der Waals surface area contributed by atoms with Crippen molar-refractivity contribution < 1.29 is 8.42 Å². The summed E-state index contributed by atoms with van der Waals surface area (Å²) in [6.07, 6.45) is 1.84. The van der Waals surface area contributed by atoms with Crippen LogP contribution in [-0.2, 0) is 15.3 Å². The van der Waals surface area contributed by atoms with Gasteiger partial charge in [0.15, 0.2) is 18.0 Å². The van der Waals surface area contributed by atoms with Crippen LogP contribution in [-0.4, -0.2) is 31.7 Å². The normalized spacial score (nSPS) is 20.8. The van der Waals surface area contributed by atoms with Gasteiger partial charge in [-0.3, -0.25) is 9.05 Å². The van der Waals surface area contributed by atoms with E-state index in [0.29, 0.717) is 9.38 Å². The minimum absolute atomic E-state index is 0.0560. The Kier molecular flexibility index (Phi) is 5.72. The minimum Gasteiger partial charge on any atom is -0.325 e. The maximum atomic E-state index is 14.4. The number of pyridine rings is 1. The topological polar surface area (TPSA) is 52.0 Å². The monoisotopic (exact) mass is 613 g/mol. The Hall–Kier alpha value is -4.30. The van der Waals surface area contributed by atoms with Crippen LogP contribution >= 0.6 is 0 Å². The molecule has 9 rings (SSSR count). The van der Waals surface area contributed by atoms with Gasteiger partial charge in [-0.15, -0.1) is 0 Å². The number of aryl methyl sites for hydroxylation is 2. The lowest BCUT2D eigenvalue weighted by Crippen LogP contribution is -2.68. The van der Waals surface area contributed by atoms with Crippen LogP contribution < -0.4 is 8.97 Å². The van der Waals surface area contributed by atoms with Gasteiger partial charge >= 0.3 is 0 Å². The Balaban J connectivity index is 1.27. The van der Waals surface area contributed by atoms with Crippen LogP contribution in [0.15, 0.2) is 107 Å². The zero-order chi connectivity index (χ0) is 31.5. The number of hydrogen-bond acceptors (Lipinski definition) is 3. The number of quaternary nitrogens is 2. The third-order valence-corrected chi connectivity index (χ3v) is 11.7. The molecule has 0 spiro atoms. The molecule has 3 aliphatic heterocycles. The number of fused-ring (bicyclic) bond motifs is 3. The fourth-order valence-electron chi connectivity index (χ4n) is 7.36. The maximum absolute atomic E-state index is 14.4. The first-order chi connectivity index (χ1) is 21.3. The van der Waals surface area contributed by atoms with Gasteiger partial charge in [0.2, 0.25) is 9.84 Å². The molecule has 7 heteroatoms. The number of benzene rings is 4. The lowest BCUT2D eigenvalue weighted by atomic mass is 9.88. The first kappa shape index (κ1) is 28.2. The molecule has 2 bridgehead atoms. The molecule has 3 aliphatic rings. The van der Waals surface area contributed by atoms with Crippen molar-refractivity contribution in [3.8, 4) is 5.82 Å². The van der Waals surface area contributed by atoms with Crippen molar-refractivity contribution in [3.05, 3.63) is 121 Å². The lowest BCUT2D eigenvalue weighted by molar-refractivity contribution is 0.157. The predicted molar refractivity (Wildman–Crippen MR) is 183 cm³/mol. The Morgan fingerprint density at radius 2 is 1.47 bits per heavy atom. The minimum atomic E-state index is -3.83. The third-order valence-electron chi connectivity index (χ3n) is 9.92. The molecule has 6 aromatic rings. The third kappa shape index (κ3) is 3.94. The summed E-state index contributed by atoms with van der Waals surface area (Å²) in [5.41, 5.74) is 8.92. The molecule has 1 saturated heterocycles. The molecule has 4 aromatic carbocycles. The average Bonchev–Trinajstić information content (AvgIpc) is 3.55. The number of nitrogens with zero attached hydrogens (tertiary/aromatic N) is 4. The van der Waals surface area contributed by atoms with Crippen LogP contribution in [0.4, 0.5) is 17.1 Å². The van der Waals surface area contributed by atoms with Crippen molar-refractivity contribution in [3.63, 3.8) is 0 Å². The Labute approximate surface area is 264 Å². The Morgan fingerprint density at radius 1 is 0.778 bits per heavy atom. The van der Waals surface area contributed by atoms with E-state index in [1.54, 1.807) is 12.1 Å². The lowest BCUT2D eigenvalue weighted by Gasteiger charge is -2.54. The van der Waals surface area contributed by atoms with E-state index in [0.717, 1.165) is 50.0 Å². The van der Waals surface area contributed by atoms with E-state index in [9.17, 15) is 8.42 Å². The molecular formula is C38H37N4O2S+. The zero-order valence-electron chi connectivity index (χ0n) is 26.5.